The fourth-order valence-electron chi connectivity index (χ4n) is 4.15. The summed E-state index contributed by atoms with van der Waals surface area (Å²) in [5.41, 5.74) is 1.96. The van der Waals surface area contributed by atoms with E-state index in [1.165, 1.54) is 26.6 Å². The van der Waals surface area contributed by atoms with Crippen molar-refractivity contribution in [3.63, 3.8) is 0 Å². The van der Waals surface area contributed by atoms with Gasteiger partial charge in [-0.3, -0.25) is 0 Å². The van der Waals surface area contributed by atoms with Gasteiger partial charge in [0.05, 0.1) is 43.7 Å². The topological polar surface area (TPSA) is 99.1 Å². The van der Waals surface area contributed by atoms with Crippen molar-refractivity contribution in [2.45, 2.75) is 43.7 Å². The van der Waals surface area contributed by atoms with Crippen molar-refractivity contribution in [1.29, 1.82) is 0 Å². The van der Waals surface area contributed by atoms with Gasteiger partial charge in [-0.2, -0.15) is 0 Å². The number of nitrogens with one attached hydrogen (secondary N) is 1. The second kappa shape index (κ2) is 6.81. The van der Waals surface area contributed by atoms with E-state index in [-0.39, 0.29) is 12.3 Å². The second-order valence-corrected chi connectivity index (χ2v) is 11.8. The van der Waals surface area contributed by atoms with Gasteiger partial charge in [0.2, 0.25) is 0 Å². The van der Waals surface area contributed by atoms with Gasteiger partial charge in [0.15, 0.2) is 21.4 Å². The van der Waals surface area contributed by atoms with E-state index in [0.29, 0.717) is 33.9 Å². The molecule has 0 saturated heterocycles. The van der Waals surface area contributed by atoms with E-state index in [2.05, 4.69) is 15.0 Å². The SMILES string of the molecule is COC1=Cc2ncc(-c3cc(F)c(OC)c4[nH]cnc34)n2CC1(C)S(=O)(=O)C(C)(C)C. The molecule has 4 rings (SSSR count). The lowest BCUT2D eigenvalue weighted by molar-refractivity contribution is 0.243. The van der Waals surface area contributed by atoms with Crippen LogP contribution in [0.3, 0.4) is 0 Å². The fourth-order valence-corrected chi connectivity index (χ4v) is 6.21. The number of rotatable bonds is 4. The van der Waals surface area contributed by atoms with E-state index in [1.54, 1.807) is 44.5 Å². The summed E-state index contributed by atoms with van der Waals surface area (Å²) in [7, 11) is -0.848. The third-order valence-corrected chi connectivity index (χ3v) is 8.97. The number of hydrogen-bond acceptors (Lipinski definition) is 6. The zero-order valence-corrected chi connectivity index (χ0v) is 19.1. The van der Waals surface area contributed by atoms with Crippen LogP contribution in [0.25, 0.3) is 28.4 Å². The Labute approximate surface area is 180 Å². The first-order valence-electron chi connectivity index (χ1n) is 9.72. The number of benzene rings is 1. The third kappa shape index (κ3) is 2.88. The molecule has 1 atom stereocenters. The maximum Gasteiger partial charge on any atom is 0.180 e. The van der Waals surface area contributed by atoms with Crippen LogP contribution in [0.2, 0.25) is 0 Å². The first-order chi connectivity index (χ1) is 14.5. The number of halogens is 1. The molecule has 3 heterocycles. The van der Waals surface area contributed by atoms with Gasteiger partial charge in [-0.1, -0.05) is 0 Å². The minimum Gasteiger partial charge on any atom is -0.499 e. The molecule has 0 bridgehead atoms. The standard InChI is InChI=1S/C21H25FN4O4S/c1-20(2,3)31(27,28)21(4)10-26-14(9-23-16(26)8-15(21)29-5)12-7-13(22)19(30-6)18-17(12)24-11-25-18/h7-9,11H,10H2,1-6H3,(H,24,25). The second-order valence-electron chi connectivity index (χ2n) is 8.71. The van der Waals surface area contributed by atoms with Crippen LogP contribution >= 0.6 is 0 Å². The summed E-state index contributed by atoms with van der Waals surface area (Å²) in [5.74, 6) is 0.349. The molecule has 1 unspecified atom stereocenters. The quantitative estimate of drug-likeness (QED) is 0.655. The van der Waals surface area contributed by atoms with Gasteiger partial charge in [0.25, 0.3) is 0 Å². The Morgan fingerprint density at radius 1 is 1.23 bits per heavy atom. The highest BCUT2D eigenvalue weighted by molar-refractivity contribution is 7.94. The Morgan fingerprint density at radius 3 is 2.55 bits per heavy atom. The number of sulfone groups is 1. The molecule has 1 aromatic carbocycles. The van der Waals surface area contributed by atoms with Gasteiger partial charge in [-0.15, -0.1) is 0 Å². The summed E-state index contributed by atoms with van der Waals surface area (Å²) in [6, 6.07) is 1.33. The lowest BCUT2D eigenvalue weighted by Crippen LogP contribution is -2.51. The Morgan fingerprint density at radius 2 is 1.94 bits per heavy atom. The van der Waals surface area contributed by atoms with Crippen molar-refractivity contribution in [1.82, 2.24) is 19.5 Å². The lowest BCUT2D eigenvalue weighted by Gasteiger charge is -2.39. The van der Waals surface area contributed by atoms with Crippen LogP contribution in [-0.2, 0) is 21.1 Å². The molecule has 10 heteroatoms. The largest absolute Gasteiger partial charge is 0.499 e. The number of nitrogens with zero attached hydrogens (tertiary/aromatic N) is 3. The van der Waals surface area contributed by atoms with E-state index < -0.39 is 25.1 Å². The predicted molar refractivity (Wildman–Crippen MR) is 116 cm³/mol. The molecule has 1 N–H and O–H groups in total. The summed E-state index contributed by atoms with van der Waals surface area (Å²) in [4.78, 5) is 11.7. The summed E-state index contributed by atoms with van der Waals surface area (Å²) in [5, 5.41) is 0. The Balaban J connectivity index is 1.96. The molecule has 8 nitrogen and oxygen atoms in total. The Bertz CT molecular complexity index is 1320. The van der Waals surface area contributed by atoms with Gasteiger partial charge < -0.3 is 19.0 Å². The highest BCUT2D eigenvalue weighted by Crippen LogP contribution is 2.43. The zero-order chi connectivity index (χ0) is 22.8. The summed E-state index contributed by atoms with van der Waals surface area (Å²) in [6.45, 7) is 6.71. The van der Waals surface area contributed by atoms with Gasteiger partial charge in [0.1, 0.15) is 27.4 Å². The number of hydrogen-bond donors (Lipinski definition) is 1. The van der Waals surface area contributed by atoms with Crippen LogP contribution in [0.5, 0.6) is 5.75 Å². The molecule has 1 aliphatic heterocycles. The summed E-state index contributed by atoms with van der Waals surface area (Å²) >= 11 is 0. The monoisotopic (exact) mass is 448 g/mol. The van der Waals surface area contributed by atoms with Crippen molar-refractivity contribution in [3.05, 3.63) is 36.0 Å². The molecule has 0 saturated carbocycles. The van der Waals surface area contributed by atoms with E-state index in [0.717, 1.165) is 0 Å². The van der Waals surface area contributed by atoms with Crippen molar-refractivity contribution in [2.24, 2.45) is 0 Å². The molecule has 2 aromatic heterocycles. The number of fused-ring (bicyclic) bond motifs is 2. The van der Waals surface area contributed by atoms with Crippen LogP contribution in [0.1, 0.15) is 33.5 Å². The molecule has 166 valence electrons. The molecule has 0 amide bonds. The summed E-state index contributed by atoms with van der Waals surface area (Å²) in [6.07, 6.45) is 4.67. The number of aromatic nitrogens is 4. The first-order valence-corrected chi connectivity index (χ1v) is 11.2. The molecule has 3 aromatic rings. The van der Waals surface area contributed by atoms with Crippen molar-refractivity contribution < 1.29 is 22.3 Å². The van der Waals surface area contributed by atoms with Crippen molar-refractivity contribution in [3.8, 4) is 17.0 Å². The summed E-state index contributed by atoms with van der Waals surface area (Å²) < 4.78 is 51.9. The normalized spacial score (nSPS) is 19.3. The maximum absolute atomic E-state index is 14.8. The van der Waals surface area contributed by atoms with E-state index in [9.17, 15) is 12.8 Å². The van der Waals surface area contributed by atoms with Crippen LogP contribution in [0, 0.1) is 5.82 Å². The fraction of sp³-hybridized carbons (Fsp3) is 0.429. The average molecular weight is 449 g/mol. The highest BCUT2D eigenvalue weighted by Gasteiger charge is 2.52. The number of aromatic amines is 1. The average Bonchev–Trinajstić information content (AvgIpc) is 3.32. The van der Waals surface area contributed by atoms with Crippen LogP contribution < -0.4 is 4.74 Å². The highest BCUT2D eigenvalue weighted by atomic mass is 32.2. The minimum atomic E-state index is -3.69. The number of H-pyrrole nitrogens is 1. The maximum atomic E-state index is 14.8. The molecule has 0 radical (unpaired) electrons. The molecule has 31 heavy (non-hydrogen) atoms. The number of imidazole rings is 2. The minimum absolute atomic E-state index is 0.0660. The van der Waals surface area contributed by atoms with Crippen molar-refractivity contribution in [2.75, 3.05) is 14.2 Å². The van der Waals surface area contributed by atoms with Gasteiger partial charge >= 0.3 is 0 Å². The van der Waals surface area contributed by atoms with Crippen LogP contribution in [0.4, 0.5) is 4.39 Å². The smallest absolute Gasteiger partial charge is 0.180 e. The van der Waals surface area contributed by atoms with Gasteiger partial charge in [-0.05, 0) is 33.8 Å². The lowest BCUT2D eigenvalue weighted by atomic mass is 10.0. The molecule has 1 aliphatic rings. The van der Waals surface area contributed by atoms with E-state index in [1.807, 2.05) is 0 Å². The van der Waals surface area contributed by atoms with E-state index in [4.69, 9.17) is 9.47 Å². The first kappa shape index (κ1) is 21.4. The zero-order valence-electron chi connectivity index (χ0n) is 18.3. The van der Waals surface area contributed by atoms with Gasteiger partial charge in [-0.25, -0.2) is 22.8 Å². The van der Waals surface area contributed by atoms with Crippen molar-refractivity contribution >= 4 is 26.9 Å². The predicted octanol–water partition coefficient (Wildman–Crippen LogP) is 3.55. The van der Waals surface area contributed by atoms with Gasteiger partial charge in [0, 0.05) is 11.6 Å². The Hall–Kier alpha value is -2.88. The van der Waals surface area contributed by atoms with Crippen LogP contribution in [-0.4, -0.2) is 51.7 Å². The molecule has 0 fully saturated rings. The number of methoxy groups -OCH3 is 2. The molecular weight excluding hydrogens is 423 g/mol. The molecule has 0 spiro atoms. The Kier molecular flexibility index (Phi) is 4.69. The molecule has 0 aliphatic carbocycles. The third-order valence-electron chi connectivity index (χ3n) is 5.84. The molecular formula is C21H25FN4O4S. The van der Waals surface area contributed by atoms with E-state index >= 15 is 0 Å². The van der Waals surface area contributed by atoms with Crippen LogP contribution in [0.15, 0.2) is 24.3 Å². The number of ether oxygens (including phenoxy) is 2.